The molecular formula is C16H16NO4P. The van der Waals surface area contributed by atoms with Crippen LogP contribution in [0.1, 0.15) is 5.56 Å². The highest BCUT2D eigenvalue weighted by Gasteiger charge is 2.01. The van der Waals surface area contributed by atoms with Gasteiger partial charge in [-0.1, -0.05) is 42.3 Å². The molecule has 0 spiro atoms. The molecule has 3 aromatic carbocycles. The topological polar surface area (TPSA) is 113 Å². The van der Waals surface area contributed by atoms with Crippen molar-refractivity contribution in [2.45, 2.75) is 0 Å². The Bertz CT molecular complexity index is 872. The van der Waals surface area contributed by atoms with E-state index in [2.05, 4.69) is 42.3 Å². The monoisotopic (exact) mass is 317 g/mol. The largest absolute Gasteiger partial charge is 0.466 e. The van der Waals surface area contributed by atoms with E-state index in [0.717, 1.165) is 10.9 Å². The molecule has 0 atom stereocenters. The van der Waals surface area contributed by atoms with Crippen molar-refractivity contribution in [1.29, 1.82) is 0 Å². The lowest BCUT2D eigenvalue weighted by atomic mass is 10.0. The van der Waals surface area contributed by atoms with Crippen molar-refractivity contribution in [2.24, 2.45) is 0 Å². The molecule has 0 saturated carbocycles. The van der Waals surface area contributed by atoms with E-state index in [9.17, 15) is 0 Å². The lowest BCUT2D eigenvalue weighted by Gasteiger charge is -2.03. The molecule has 0 aliphatic carbocycles. The fourth-order valence-electron chi connectivity index (χ4n) is 2.09. The summed E-state index contributed by atoms with van der Waals surface area (Å²) in [5.74, 6) is 2.73. The van der Waals surface area contributed by atoms with Crippen LogP contribution in [-0.4, -0.2) is 14.7 Å². The van der Waals surface area contributed by atoms with Gasteiger partial charge in [0.1, 0.15) is 0 Å². The summed E-state index contributed by atoms with van der Waals surface area (Å²) in [6.07, 6.45) is 5.51. The van der Waals surface area contributed by atoms with E-state index in [1.807, 2.05) is 18.2 Å². The van der Waals surface area contributed by atoms with Gasteiger partial charge in [-0.05, 0) is 39.7 Å². The second kappa shape index (κ2) is 7.19. The third-order valence-electron chi connectivity index (χ3n) is 2.90. The van der Waals surface area contributed by atoms with Crippen molar-refractivity contribution in [2.75, 3.05) is 0 Å². The van der Waals surface area contributed by atoms with Crippen LogP contribution >= 0.6 is 7.82 Å². The van der Waals surface area contributed by atoms with Gasteiger partial charge >= 0.3 is 7.82 Å². The Balaban J connectivity index is 0.000000356. The highest BCUT2D eigenvalue weighted by Crippen LogP contribution is 2.26. The van der Waals surface area contributed by atoms with Crippen LogP contribution in [0.5, 0.6) is 0 Å². The van der Waals surface area contributed by atoms with E-state index < -0.39 is 7.82 Å². The first-order chi connectivity index (χ1) is 9.88. The Kier molecular flexibility index (Phi) is 5.84. The highest BCUT2D eigenvalue weighted by atomic mass is 31.2. The Morgan fingerprint density at radius 2 is 1.36 bits per heavy atom. The van der Waals surface area contributed by atoms with Crippen LogP contribution in [0.3, 0.4) is 0 Å². The van der Waals surface area contributed by atoms with E-state index >= 15 is 0 Å². The van der Waals surface area contributed by atoms with Gasteiger partial charge < -0.3 is 20.8 Å². The molecule has 6 N–H and O–H groups in total. The molecule has 0 unspecified atom stereocenters. The zero-order valence-electron chi connectivity index (χ0n) is 11.7. The van der Waals surface area contributed by atoms with Crippen LogP contribution in [0.25, 0.3) is 21.5 Å². The molecule has 5 nitrogen and oxygen atoms in total. The van der Waals surface area contributed by atoms with E-state index in [4.69, 9.17) is 25.7 Å². The predicted molar refractivity (Wildman–Crippen MR) is 88.7 cm³/mol. The number of hydrogen-bond acceptors (Lipinski definition) is 2. The maximum absolute atomic E-state index is 8.88. The molecule has 0 aliphatic rings. The number of fused-ring (bicyclic) bond motifs is 2. The molecule has 6 heteroatoms. The van der Waals surface area contributed by atoms with Gasteiger partial charge in [-0.2, -0.15) is 0 Å². The summed E-state index contributed by atoms with van der Waals surface area (Å²) in [7, 11) is -4.64. The van der Waals surface area contributed by atoms with Gasteiger partial charge in [0.25, 0.3) is 0 Å². The Labute approximate surface area is 128 Å². The maximum Gasteiger partial charge on any atom is 0.466 e. The Morgan fingerprint density at radius 1 is 0.864 bits per heavy atom. The van der Waals surface area contributed by atoms with Gasteiger partial charge in [0, 0.05) is 5.56 Å². The quantitative estimate of drug-likeness (QED) is 0.289. The fourth-order valence-corrected chi connectivity index (χ4v) is 2.09. The molecular weight excluding hydrogens is 301 g/mol. The van der Waals surface area contributed by atoms with E-state index in [1.54, 1.807) is 0 Å². The smallest absolute Gasteiger partial charge is 0.344 e. The van der Waals surface area contributed by atoms with Crippen LogP contribution in [0, 0.1) is 12.3 Å². The summed E-state index contributed by atoms with van der Waals surface area (Å²) in [6.45, 7) is 0. The second-order valence-corrected chi connectivity index (χ2v) is 5.41. The molecule has 0 radical (unpaired) electrons. The second-order valence-electron chi connectivity index (χ2n) is 4.38. The number of hydrogen-bond donors (Lipinski definition) is 4. The van der Waals surface area contributed by atoms with Gasteiger partial charge in [-0.3, -0.25) is 0 Å². The first kappa shape index (κ1) is 17.9. The summed E-state index contributed by atoms with van der Waals surface area (Å²) in [5, 5.41) is 4.85. The van der Waals surface area contributed by atoms with E-state index in [1.165, 1.54) is 16.2 Å². The van der Waals surface area contributed by atoms with Crippen molar-refractivity contribution in [3.05, 3.63) is 60.2 Å². The molecule has 0 heterocycles. The third kappa shape index (κ3) is 4.68. The normalized spacial score (nSPS) is 10.3. The minimum atomic E-state index is -4.64. The number of phosphoric acid groups is 1. The SMILES string of the molecule is C#Cc1cccc2cc3ccccc3cc12.N.O=P(O)(O)O. The van der Waals surface area contributed by atoms with Crippen LogP contribution in [0.2, 0.25) is 0 Å². The molecule has 0 bridgehead atoms. The van der Waals surface area contributed by atoms with Crippen molar-refractivity contribution < 1.29 is 19.2 Å². The first-order valence-corrected chi connectivity index (χ1v) is 7.61. The van der Waals surface area contributed by atoms with Gasteiger partial charge in [-0.25, -0.2) is 4.57 Å². The minimum absolute atomic E-state index is 0. The molecule has 0 saturated heterocycles. The van der Waals surface area contributed by atoms with Gasteiger partial charge in [0.05, 0.1) is 0 Å². The van der Waals surface area contributed by atoms with Gasteiger partial charge in [-0.15, -0.1) is 6.42 Å². The van der Waals surface area contributed by atoms with Crippen molar-refractivity contribution in [1.82, 2.24) is 6.15 Å². The summed E-state index contributed by atoms with van der Waals surface area (Å²) in [5.41, 5.74) is 0.961. The minimum Gasteiger partial charge on any atom is -0.344 e. The molecule has 3 rings (SSSR count). The van der Waals surface area contributed by atoms with E-state index in [-0.39, 0.29) is 6.15 Å². The fraction of sp³-hybridized carbons (Fsp3) is 0. The molecule has 0 fully saturated rings. The van der Waals surface area contributed by atoms with Crippen LogP contribution < -0.4 is 6.15 Å². The van der Waals surface area contributed by atoms with Crippen LogP contribution in [0.4, 0.5) is 0 Å². The summed E-state index contributed by atoms with van der Waals surface area (Å²) in [6, 6.07) is 18.8. The standard InChI is InChI=1S/C16H10.H3N.H3O4P/c1-2-12-8-5-9-15-10-13-6-3-4-7-14(13)11-16(12)15;;1-5(2,3)4/h1,3-11H;1H3;(H3,1,2,3,4). The van der Waals surface area contributed by atoms with Gasteiger partial charge in [0.2, 0.25) is 0 Å². The van der Waals surface area contributed by atoms with Crippen LogP contribution in [-0.2, 0) is 4.57 Å². The summed E-state index contributed by atoms with van der Waals surface area (Å²) < 4.78 is 8.88. The van der Waals surface area contributed by atoms with Crippen molar-refractivity contribution >= 4 is 29.4 Å². The first-order valence-electron chi connectivity index (χ1n) is 6.05. The molecule has 0 aromatic heterocycles. The molecule has 22 heavy (non-hydrogen) atoms. The zero-order valence-corrected chi connectivity index (χ0v) is 12.6. The third-order valence-corrected chi connectivity index (χ3v) is 2.90. The van der Waals surface area contributed by atoms with E-state index in [0.29, 0.717) is 0 Å². The van der Waals surface area contributed by atoms with Crippen LogP contribution in [0.15, 0.2) is 54.6 Å². The molecule has 0 amide bonds. The molecule has 0 aliphatic heterocycles. The highest BCUT2D eigenvalue weighted by molar-refractivity contribution is 7.45. The number of benzene rings is 3. The maximum atomic E-state index is 8.88. The van der Waals surface area contributed by atoms with Crippen molar-refractivity contribution in [3.63, 3.8) is 0 Å². The Morgan fingerprint density at radius 3 is 1.91 bits per heavy atom. The zero-order chi connectivity index (χ0) is 15.5. The average molecular weight is 317 g/mol. The lowest BCUT2D eigenvalue weighted by molar-refractivity contribution is 0.275. The molecule has 3 aromatic rings. The average Bonchev–Trinajstić information content (AvgIpc) is 2.42. The summed E-state index contributed by atoms with van der Waals surface area (Å²) in [4.78, 5) is 21.6. The predicted octanol–water partition coefficient (Wildman–Crippen LogP) is 3.21. The molecule has 114 valence electrons. The summed E-state index contributed by atoms with van der Waals surface area (Å²) >= 11 is 0. The lowest BCUT2D eigenvalue weighted by Crippen LogP contribution is -1.80. The Hall–Kier alpha value is -2.19. The van der Waals surface area contributed by atoms with Gasteiger partial charge in [0.15, 0.2) is 0 Å². The number of rotatable bonds is 0. The van der Waals surface area contributed by atoms with Crippen molar-refractivity contribution in [3.8, 4) is 12.3 Å². The number of terminal acetylenes is 1.